The van der Waals surface area contributed by atoms with E-state index < -0.39 is 17.7 Å². The number of carbonyl (C=O) groups excluding carboxylic acids is 2. The van der Waals surface area contributed by atoms with E-state index in [0.29, 0.717) is 11.3 Å². The first kappa shape index (κ1) is 17.4. The van der Waals surface area contributed by atoms with Gasteiger partial charge in [0.25, 0.3) is 5.91 Å². The van der Waals surface area contributed by atoms with Crippen LogP contribution in [0.25, 0.3) is 0 Å². The smallest absolute Gasteiger partial charge is 0.348 e. The van der Waals surface area contributed by atoms with E-state index in [-0.39, 0.29) is 22.0 Å². The Balaban J connectivity index is 2.07. The minimum atomic E-state index is -0.572. The number of rotatable bonds is 5. The van der Waals surface area contributed by atoms with Crippen LogP contribution in [0.15, 0.2) is 24.3 Å². The number of hydrogen-bond donors (Lipinski definition) is 1. The van der Waals surface area contributed by atoms with Crippen LogP contribution < -0.4 is 10.1 Å². The lowest BCUT2D eigenvalue weighted by Crippen LogP contribution is -2.20. The van der Waals surface area contributed by atoms with Crippen molar-refractivity contribution in [3.8, 4) is 11.8 Å². The Kier molecular flexibility index (Phi) is 5.50. The molecule has 0 unspecified atom stereocenters. The molecule has 0 aliphatic rings. The van der Waals surface area contributed by atoms with Crippen LogP contribution in [0.5, 0.6) is 5.75 Å². The van der Waals surface area contributed by atoms with Gasteiger partial charge in [0, 0.05) is 0 Å². The molecule has 2 rings (SSSR count). The molecule has 1 N–H and O–H groups in total. The van der Waals surface area contributed by atoms with Crippen molar-refractivity contribution in [1.82, 2.24) is 0 Å². The number of benzene rings is 1. The lowest BCUT2D eigenvalue weighted by molar-refractivity contribution is -0.118. The summed E-state index contributed by atoms with van der Waals surface area (Å²) < 4.78 is 22.7. The Hall–Kier alpha value is -2.92. The second-order valence-electron chi connectivity index (χ2n) is 4.65. The van der Waals surface area contributed by atoms with Crippen molar-refractivity contribution >= 4 is 28.2 Å². The van der Waals surface area contributed by atoms with Gasteiger partial charge in [0.05, 0.1) is 12.7 Å². The van der Waals surface area contributed by atoms with Crippen molar-refractivity contribution in [3.05, 3.63) is 46.1 Å². The van der Waals surface area contributed by atoms with E-state index >= 15 is 0 Å². The number of ether oxygens (including phenoxy) is 2. The van der Waals surface area contributed by atoms with Crippen molar-refractivity contribution in [2.75, 3.05) is 19.0 Å². The van der Waals surface area contributed by atoms with Crippen LogP contribution in [0, 0.1) is 24.1 Å². The summed E-state index contributed by atoms with van der Waals surface area (Å²) >= 11 is 0.961. The Labute approximate surface area is 141 Å². The van der Waals surface area contributed by atoms with Gasteiger partial charge in [-0.3, -0.25) is 4.79 Å². The molecule has 1 heterocycles. The van der Waals surface area contributed by atoms with Gasteiger partial charge in [0.1, 0.15) is 27.5 Å². The van der Waals surface area contributed by atoms with Crippen molar-refractivity contribution in [3.63, 3.8) is 0 Å². The number of thiophene rings is 1. The third kappa shape index (κ3) is 3.88. The maximum Gasteiger partial charge on any atom is 0.348 e. The highest BCUT2D eigenvalue weighted by molar-refractivity contribution is 7.18. The number of anilines is 1. The van der Waals surface area contributed by atoms with E-state index in [1.165, 1.54) is 31.4 Å². The molecule has 0 atom stereocenters. The molecular formula is C16H13FN2O4S. The second kappa shape index (κ2) is 7.57. The van der Waals surface area contributed by atoms with Crippen molar-refractivity contribution in [1.29, 1.82) is 5.26 Å². The van der Waals surface area contributed by atoms with Crippen LogP contribution in [0.2, 0.25) is 0 Å². The van der Waals surface area contributed by atoms with Gasteiger partial charge in [-0.1, -0.05) is 0 Å². The molecule has 1 amide bonds. The number of carbonyl (C=O) groups is 2. The average Bonchev–Trinajstić information content (AvgIpc) is 2.89. The van der Waals surface area contributed by atoms with Crippen molar-refractivity contribution < 1.29 is 23.5 Å². The summed E-state index contributed by atoms with van der Waals surface area (Å²) in [6.45, 7) is 1.28. The number of halogens is 1. The zero-order valence-electron chi connectivity index (χ0n) is 12.9. The van der Waals surface area contributed by atoms with E-state index in [2.05, 4.69) is 10.1 Å². The molecule has 1 aromatic heterocycles. The number of hydrogen-bond acceptors (Lipinski definition) is 6. The molecule has 24 heavy (non-hydrogen) atoms. The molecule has 124 valence electrons. The highest BCUT2D eigenvalue weighted by Gasteiger charge is 2.21. The molecule has 2 aromatic rings. The SMILES string of the molecule is COC(=O)c1sc(NC(=O)COc2ccc(F)cc2)c(C#N)c1C. The Bertz CT molecular complexity index is 809. The lowest BCUT2D eigenvalue weighted by Gasteiger charge is -2.06. The van der Waals surface area contributed by atoms with Crippen LogP contribution in [0.1, 0.15) is 20.8 Å². The number of nitriles is 1. The van der Waals surface area contributed by atoms with Gasteiger partial charge in [-0.15, -0.1) is 11.3 Å². The second-order valence-corrected chi connectivity index (χ2v) is 5.68. The minimum absolute atomic E-state index is 0.204. The van der Waals surface area contributed by atoms with Crippen LogP contribution >= 0.6 is 11.3 Å². The molecule has 6 nitrogen and oxygen atoms in total. The van der Waals surface area contributed by atoms with E-state index in [4.69, 9.17) is 4.74 Å². The molecular weight excluding hydrogens is 335 g/mol. The summed E-state index contributed by atoms with van der Waals surface area (Å²) in [5, 5.41) is 12.0. The lowest BCUT2D eigenvalue weighted by atomic mass is 10.2. The summed E-state index contributed by atoms with van der Waals surface area (Å²) in [4.78, 5) is 23.9. The summed E-state index contributed by atoms with van der Waals surface area (Å²) in [6, 6.07) is 7.18. The summed E-state index contributed by atoms with van der Waals surface area (Å²) in [6.07, 6.45) is 0. The van der Waals surface area contributed by atoms with Gasteiger partial charge in [-0.25, -0.2) is 9.18 Å². The average molecular weight is 348 g/mol. The third-order valence-corrected chi connectivity index (χ3v) is 4.25. The maximum atomic E-state index is 12.8. The molecule has 0 saturated heterocycles. The molecule has 0 aliphatic carbocycles. The highest BCUT2D eigenvalue weighted by atomic mass is 32.1. The van der Waals surface area contributed by atoms with E-state index in [9.17, 15) is 19.2 Å². The Morgan fingerprint density at radius 2 is 2.00 bits per heavy atom. The van der Waals surface area contributed by atoms with Crippen molar-refractivity contribution in [2.24, 2.45) is 0 Å². The first-order chi connectivity index (χ1) is 11.5. The summed E-state index contributed by atoms with van der Waals surface area (Å²) in [5.74, 6) is -1.15. The Morgan fingerprint density at radius 3 is 2.58 bits per heavy atom. The highest BCUT2D eigenvalue weighted by Crippen LogP contribution is 2.32. The number of amides is 1. The predicted molar refractivity (Wildman–Crippen MR) is 85.6 cm³/mol. The normalized spacial score (nSPS) is 9.92. The first-order valence-corrected chi connectivity index (χ1v) is 7.58. The quantitative estimate of drug-likeness (QED) is 0.840. The first-order valence-electron chi connectivity index (χ1n) is 6.76. The molecule has 1 aromatic carbocycles. The summed E-state index contributed by atoms with van der Waals surface area (Å²) in [7, 11) is 1.24. The number of nitrogens with zero attached hydrogens (tertiary/aromatic N) is 1. The van der Waals surface area contributed by atoms with Crippen LogP contribution in [0.4, 0.5) is 9.39 Å². The van der Waals surface area contributed by atoms with Crippen LogP contribution in [-0.4, -0.2) is 25.6 Å². The summed E-state index contributed by atoms with van der Waals surface area (Å²) in [5.41, 5.74) is 0.652. The number of nitrogens with one attached hydrogen (secondary N) is 1. The van der Waals surface area contributed by atoms with Crippen molar-refractivity contribution in [2.45, 2.75) is 6.92 Å². The zero-order valence-corrected chi connectivity index (χ0v) is 13.7. The Morgan fingerprint density at radius 1 is 1.33 bits per heavy atom. The molecule has 0 spiro atoms. The number of methoxy groups -OCH3 is 1. The van der Waals surface area contributed by atoms with Crippen LogP contribution in [-0.2, 0) is 9.53 Å². The fourth-order valence-corrected chi connectivity index (χ4v) is 2.96. The van der Waals surface area contributed by atoms with Gasteiger partial charge < -0.3 is 14.8 Å². The van der Waals surface area contributed by atoms with Gasteiger partial charge >= 0.3 is 5.97 Å². The fourth-order valence-electron chi connectivity index (χ4n) is 1.87. The number of esters is 1. The molecule has 0 aliphatic heterocycles. The molecule has 0 fully saturated rings. The monoisotopic (exact) mass is 348 g/mol. The molecule has 0 saturated carbocycles. The van der Waals surface area contributed by atoms with Gasteiger partial charge in [-0.05, 0) is 36.8 Å². The van der Waals surface area contributed by atoms with E-state index in [1.54, 1.807) is 6.92 Å². The fraction of sp³-hybridized carbons (Fsp3) is 0.188. The topological polar surface area (TPSA) is 88.4 Å². The molecule has 8 heteroatoms. The largest absolute Gasteiger partial charge is 0.484 e. The predicted octanol–water partition coefficient (Wildman–Crippen LogP) is 2.87. The van der Waals surface area contributed by atoms with Crippen LogP contribution in [0.3, 0.4) is 0 Å². The minimum Gasteiger partial charge on any atom is -0.484 e. The van der Waals surface area contributed by atoms with Gasteiger partial charge in [0.2, 0.25) is 0 Å². The molecule has 0 radical (unpaired) electrons. The standard InChI is InChI=1S/C16H13FN2O4S/c1-9-12(7-18)15(24-14(9)16(21)22-2)19-13(20)8-23-11-5-3-10(17)4-6-11/h3-6H,8H2,1-2H3,(H,19,20). The van der Waals surface area contributed by atoms with Gasteiger partial charge in [-0.2, -0.15) is 5.26 Å². The van der Waals surface area contributed by atoms with Gasteiger partial charge in [0.15, 0.2) is 6.61 Å². The zero-order chi connectivity index (χ0) is 17.7. The maximum absolute atomic E-state index is 12.8. The molecule has 0 bridgehead atoms. The van der Waals surface area contributed by atoms with E-state index in [0.717, 1.165) is 11.3 Å². The van der Waals surface area contributed by atoms with E-state index in [1.807, 2.05) is 6.07 Å². The third-order valence-electron chi connectivity index (χ3n) is 3.07.